The predicted molar refractivity (Wildman–Crippen MR) is 112 cm³/mol. The molecule has 29 heavy (non-hydrogen) atoms. The Labute approximate surface area is 173 Å². The molecule has 0 saturated heterocycles. The Kier molecular flexibility index (Phi) is 6.45. The number of aliphatic hydroxyl groups is 1. The first kappa shape index (κ1) is 20.7. The van der Waals surface area contributed by atoms with Gasteiger partial charge in [-0.05, 0) is 30.8 Å². The van der Waals surface area contributed by atoms with Crippen LogP contribution in [0, 0.1) is 10.1 Å². The lowest BCUT2D eigenvalue weighted by Gasteiger charge is -2.28. The van der Waals surface area contributed by atoms with Crippen molar-refractivity contribution < 1.29 is 19.6 Å². The van der Waals surface area contributed by atoms with Gasteiger partial charge in [-0.1, -0.05) is 18.2 Å². The number of carbonyl (C=O) groups is 1. The molecule has 0 amide bonds. The molecular weight excluding hydrogens is 396 g/mol. The van der Waals surface area contributed by atoms with Crippen LogP contribution in [0.1, 0.15) is 12.5 Å². The van der Waals surface area contributed by atoms with Crippen LogP contribution in [0.2, 0.25) is 0 Å². The van der Waals surface area contributed by atoms with Crippen molar-refractivity contribution in [3.05, 3.63) is 57.3 Å². The topological polar surface area (TPSA) is 117 Å². The van der Waals surface area contributed by atoms with Gasteiger partial charge in [0.2, 0.25) is 0 Å². The summed E-state index contributed by atoms with van der Waals surface area (Å²) >= 11 is 5.02. The van der Waals surface area contributed by atoms with Crippen LogP contribution in [-0.2, 0) is 16.0 Å². The van der Waals surface area contributed by atoms with Gasteiger partial charge in [0.25, 0.3) is 5.69 Å². The molecule has 0 aromatic heterocycles. The van der Waals surface area contributed by atoms with E-state index in [0.717, 1.165) is 0 Å². The second-order valence-corrected chi connectivity index (χ2v) is 7.12. The molecule has 1 unspecified atom stereocenters. The zero-order valence-electron chi connectivity index (χ0n) is 15.9. The quantitative estimate of drug-likeness (QED) is 0.197. The first-order valence-corrected chi connectivity index (χ1v) is 9.55. The Morgan fingerprint density at radius 3 is 2.79 bits per heavy atom. The average molecular weight is 418 g/mol. The lowest BCUT2D eigenvalue weighted by atomic mass is 10.0. The number of nitro benzene ring substituents is 1. The van der Waals surface area contributed by atoms with Crippen molar-refractivity contribution in [1.82, 2.24) is 10.6 Å². The third kappa shape index (κ3) is 4.72. The standard InChI is InChI=1S/C19H22N4O5S/c1-12-17(14(11-24)21-19(29)20-12)18(25)28-9-6-13-4-5-15(16(10-13)23(26)27)22-7-2-3-8-22/h2-5,10,14,24H,6-9,11H2,1H3,(H2,20,21,29). The summed E-state index contributed by atoms with van der Waals surface area (Å²) in [6, 6.07) is 4.42. The van der Waals surface area contributed by atoms with E-state index in [-0.39, 0.29) is 24.5 Å². The lowest BCUT2D eigenvalue weighted by Crippen LogP contribution is -2.51. The number of nitrogens with zero attached hydrogens (tertiary/aromatic N) is 2. The maximum absolute atomic E-state index is 12.4. The molecule has 3 N–H and O–H groups in total. The highest BCUT2D eigenvalue weighted by Gasteiger charge is 2.29. The molecular formula is C19H22N4O5S. The van der Waals surface area contributed by atoms with Gasteiger partial charge in [0, 0.05) is 31.3 Å². The number of carbonyl (C=O) groups excluding carboxylic acids is 1. The van der Waals surface area contributed by atoms with Crippen LogP contribution in [-0.4, -0.2) is 53.5 Å². The van der Waals surface area contributed by atoms with E-state index in [9.17, 15) is 20.0 Å². The van der Waals surface area contributed by atoms with Gasteiger partial charge in [0.15, 0.2) is 5.11 Å². The van der Waals surface area contributed by atoms with E-state index >= 15 is 0 Å². The molecule has 9 nitrogen and oxygen atoms in total. The minimum absolute atomic E-state index is 0.0330. The maximum atomic E-state index is 12.4. The Bertz CT molecular complexity index is 891. The van der Waals surface area contributed by atoms with Gasteiger partial charge in [0.05, 0.1) is 29.8 Å². The highest BCUT2D eigenvalue weighted by Crippen LogP contribution is 2.30. The predicted octanol–water partition coefficient (Wildman–Crippen LogP) is 1.17. The minimum atomic E-state index is -0.634. The first-order chi connectivity index (χ1) is 13.9. The van der Waals surface area contributed by atoms with Crippen LogP contribution in [0.25, 0.3) is 0 Å². The third-order valence-corrected chi connectivity index (χ3v) is 5.00. The number of thiocarbonyl (C=S) groups is 1. The summed E-state index contributed by atoms with van der Waals surface area (Å²) in [4.78, 5) is 25.4. The van der Waals surface area contributed by atoms with Gasteiger partial charge < -0.3 is 25.4 Å². The van der Waals surface area contributed by atoms with Crippen LogP contribution in [0.5, 0.6) is 0 Å². The van der Waals surface area contributed by atoms with Crippen molar-refractivity contribution >= 4 is 34.7 Å². The van der Waals surface area contributed by atoms with E-state index in [1.807, 2.05) is 17.1 Å². The first-order valence-electron chi connectivity index (χ1n) is 9.14. The smallest absolute Gasteiger partial charge is 0.337 e. The zero-order valence-corrected chi connectivity index (χ0v) is 16.7. The molecule has 2 aliphatic heterocycles. The molecule has 154 valence electrons. The van der Waals surface area contributed by atoms with Gasteiger partial charge >= 0.3 is 5.97 Å². The van der Waals surface area contributed by atoms with E-state index < -0.39 is 16.9 Å². The highest BCUT2D eigenvalue weighted by molar-refractivity contribution is 7.80. The fraction of sp³-hybridized carbons (Fsp3) is 0.368. The third-order valence-electron chi connectivity index (χ3n) is 4.78. The van der Waals surface area contributed by atoms with E-state index in [2.05, 4.69) is 10.6 Å². The van der Waals surface area contributed by atoms with Crippen LogP contribution in [0.3, 0.4) is 0 Å². The number of allylic oxidation sites excluding steroid dienone is 1. The van der Waals surface area contributed by atoms with Crippen molar-refractivity contribution in [2.75, 3.05) is 31.2 Å². The van der Waals surface area contributed by atoms with Crippen molar-refractivity contribution in [2.24, 2.45) is 0 Å². The van der Waals surface area contributed by atoms with Crippen LogP contribution < -0.4 is 15.5 Å². The van der Waals surface area contributed by atoms with Gasteiger partial charge in [-0.25, -0.2) is 4.79 Å². The molecule has 3 rings (SSSR count). The van der Waals surface area contributed by atoms with Crippen LogP contribution in [0.4, 0.5) is 11.4 Å². The van der Waals surface area contributed by atoms with Gasteiger partial charge in [-0.2, -0.15) is 0 Å². The molecule has 10 heteroatoms. The second kappa shape index (κ2) is 9.01. The SMILES string of the molecule is CC1=C(C(=O)OCCc2ccc(N3CC=CC3)c([N+](=O)[O-])c2)C(CO)NC(=S)N1. The van der Waals surface area contributed by atoms with Crippen molar-refractivity contribution in [2.45, 2.75) is 19.4 Å². The fourth-order valence-electron chi connectivity index (χ4n) is 3.35. The number of ether oxygens (including phenoxy) is 1. The van der Waals surface area contributed by atoms with E-state index in [1.54, 1.807) is 19.1 Å². The molecule has 0 aliphatic carbocycles. The monoisotopic (exact) mass is 418 g/mol. The molecule has 0 bridgehead atoms. The number of aliphatic hydroxyl groups excluding tert-OH is 1. The van der Waals surface area contributed by atoms with Gasteiger partial charge in [-0.15, -0.1) is 0 Å². The van der Waals surface area contributed by atoms with Crippen molar-refractivity contribution in [3.63, 3.8) is 0 Å². The summed E-state index contributed by atoms with van der Waals surface area (Å²) < 4.78 is 5.33. The number of nitrogens with one attached hydrogen (secondary N) is 2. The second-order valence-electron chi connectivity index (χ2n) is 6.71. The largest absolute Gasteiger partial charge is 0.462 e. The molecule has 0 fully saturated rings. The lowest BCUT2D eigenvalue weighted by molar-refractivity contribution is -0.384. The van der Waals surface area contributed by atoms with E-state index in [1.165, 1.54) is 6.07 Å². The normalized spacial score (nSPS) is 18.5. The molecule has 1 aromatic carbocycles. The number of nitro groups is 1. The molecule has 2 heterocycles. The molecule has 1 atom stereocenters. The molecule has 2 aliphatic rings. The Morgan fingerprint density at radius 1 is 1.41 bits per heavy atom. The Hall–Kier alpha value is -2.98. The zero-order chi connectivity index (χ0) is 21.0. The molecule has 0 spiro atoms. The molecule has 1 aromatic rings. The number of rotatable bonds is 7. The summed E-state index contributed by atoms with van der Waals surface area (Å²) in [6.07, 6.45) is 4.27. The Morgan fingerprint density at radius 2 is 2.14 bits per heavy atom. The molecule has 0 radical (unpaired) electrons. The minimum Gasteiger partial charge on any atom is -0.462 e. The number of anilines is 1. The number of hydrogen-bond acceptors (Lipinski definition) is 7. The van der Waals surface area contributed by atoms with Crippen LogP contribution >= 0.6 is 12.2 Å². The fourth-order valence-corrected chi connectivity index (χ4v) is 3.65. The van der Waals surface area contributed by atoms with Gasteiger partial charge in [-0.3, -0.25) is 10.1 Å². The Balaban J connectivity index is 1.65. The summed E-state index contributed by atoms with van der Waals surface area (Å²) in [5.41, 5.74) is 2.11. The van der Waals surface area contributed by atoms with Gasteiger partial charge in [0.1, 0.15) is 5.69 Å². The van der Waals surface area contributed by atoms with E-state index in [4.69, 9.17) is 17.0 Å². The van der Waals surface area contributed by atoms with E-state index in [0.29, 0.717) is 41.6 Å². The van der Waals surface area contributed by atoms with Crippen molar-refractivity contribution in [1.29, 1.82) is 0 Å². The highest BCUT2D eigenvalue weighted by atomic mass is 32.1. The summed E-state index contributed by atoms with van der Waals surface area (Å²) in [7, 11) is 0. The summed E-state index contributed by atoms with van der Waals surface area (Å²) in [6.45, 7) is 2.72. The number of hydrogen-bond donors (Lipinski definition) is 3. The number of benzene rings is 1. The van der Waals surface area contributed by atoms with Crippen LogP contribution in [0.15, 0.2) is 41.6 Å². The molecule has 0 saturated carbocycles. The average Bonchev–Trinajstić information content (AvgIpc) is 3.21. The maximum Gasteiger partial charge on any atom is 0.337 e. The summed E-state index contributed by atoms with van der Waals surface area (Å²) in [5, 5.41) is 26.9. The van der Waals surface area contributed by atoms with Crippen molar-refractivity contribution in [3.8, 4) is 0 Å². The summed E-state index contributed by atoms with van der Waals surface area (Å²) in [5.74, 6) is -0.571. The number of esters is 1.